The van der Waals surface area contributed by atoms with Crippen molar-refractivity contribution in [2.45, 2.75) is 33.3 Å². The van der Waals surface area contributed by atoms with Gasteiger partial charge in [0.2, 0.25) is 5.88 Å². The Bertz CT molecular complexity index is 300. The van der Waals surface area contributed by atoms with Crippen LogP contribution in [0.1, 0.15) is 25.4 Å². The Kier molecular flexibility index (Phi) is 3.83. The molecule has 0 spiro atoms. The van der Waals surface area contributed by atoms with E-state index in [1.54, 1.807) is 13.0 Å². The van der Waals surface area contributed by atoms with E-state index in [1.807, 2.05) is 13.8 Å². The molecule has 1 heterocycles. The minimum absolute atomic E-state index is 0.390. The highest BCUT2D eigenvalue weighted by atomic mass is 16.5. The van der Waals surface area contributed by atoms with Crippen LogP contribution in [-0.2, 0) is 6.42 Å². The Hall–Kier alpha value is -1.16. The van der Waals surface area contributed by atoms with Crippen LogP contribution in [0.5, 0.6) is 5.88 Å². The number of hydrogen-bond acceptors (Lipinski definition) is 4. The molecule has 14 heavy (non-hydrogen) atoms. The second-order valence-corrected chi connectivity index (χ2v) is 3.23. The molecular formula is C10H16N2O2. The molecule has 0 fully saturated rings. The first-order valence-electron chi connectivity index (χ1n) is 4.77. The van der Waals surface area contributed by atoms with Crippen LogP contribution in [0.3, 0.4) is 0 Å². The van der Waals surface area contributed by atoms with Crippen LogP contribution in [0.25, 0.3) is 0 Å². The van der Waals surface area contributed by atoms with Gasteiger partial charge >= 0.3 is 0 Å². The normalized spacial score (nSPS) is 12.6. The average molecular weight is 196 g/mol. The van der Waals surface area contributed by atoms with Crippen LogP contribution < -0.4 is 4.74 Å². The van der Waals surface area contributed by atoms with Crippen LogP contribution in [-0.4, -0.2) is 27.8 Å². The number of ether oxygens (including phenoxy) is 1. The lowest BCUT2D eigenvalue weighted by atomic mass is 10.2. The zero-order valence-corrected chi connectivity index (χ0v) is 8.82. The van der Waals surface area contributed by atoms with Gasteiger partial charge in [-0.25, -0.2) is 4.98 Å². The fourth-order valence-electron chi connectivity index (χ4n) is 1.23. The third-order valence-corrected chi connectivity index (χ3v) is 1.66. The van der Waals surface area contributed by atoms with E-state index in [-0.39, 0.29) is 0 Å². The maximum atomic E-state index is 9.22. The van der Waals surface area contributed by atoms with Crippen molar-refractivity contribution in [3.8, 4) is 5.88 Å². The predicted octanol–water partition coefficient (Wildman–Crippen LogP) is 1.11. The van der Waals surface area contributed by atoms with Crippen molar-refractivity contribution in [1.29, 1.82) is 0 Å². The van der Waals surface area contributed by atoms with E-state index in [2.05, 4.69) is 9.97 Å². The number of nitrogens with zero attached hydrogens (tertiary/aromatic N) is 2. The van der Waals surface area contributed by atoms with Gasteiger partial charge in [-0.15, -0.1) is 0 Å². The van der Waals surface area contributed by atoms with Crippen molar-refractivity contribution in [3.05, 3.63) is 17.6 Å². The maximum Gasteiger partial charge on any atom is 0.216 e. The summed E-state index contributed by atoms with van der Waals surface area (Å²) < 4.78 is 5.28. The number of aryl methyl sites for hydroxylation is 1. The van der Waals surface area contributed by atoms with Gasteiger partial charge in [0.15, 0.2) is 0 Å². The topological polar surface area (TPSA) is 55.2 Å². The van der Waals surface area contributed by atoms with E-state index < -0.39 is 6.10 Å². The lowest BCUT2D eigenvalue weighted by Crippen LogP contribution is -2.08. The minimum Gasteiger partial charge on any atom is -0.478 e. The molecule has 0 saturated carbocycles. The number of hydrogen-bond donors (Lipinski definition) is 1. The Morgan fingerprint density at radius 2 is 2.21 bits per heavy atom. The summed E-state index contributed by atoms with van der Waals surface area (Å²) in [5, 5.41) is 9.22. The fraction of sp³-hybridized carbons (Fsp3) is 0.600. The first-order valence-corrected chi connectivity index (χ1v) is 4.77. The molecule has 0 aliphatic heterocycles. The zero-order valence-electron chi connectivity index (χ0n) is 8.82. The number of aliphatic hydroxyl groups is 1. The van der Waals surface area contributed by atoms with Crippen LogP contribution in [0, 0.1) is 6.92 Å². The molecule has 1 aromatic heterocycles. The van der Waals surface area contributed by atoms with Crippen LogP contribution in [0.4, 0.5) is 0 Å². The van der Waals surface area contributed by atoms with E-state index in [1.165, 1.54) is 0 Å². The summed E-state index contributed by atoms with van der Waals surface area (Å²) in [5.41, 5.74) is 0.816. The standard InChI is InChI=1S/C10H16N2O2/c1-4-14-10-6-9(5-7(2)13)11-8(3)12-10/h6-7,13H,4-5H2,1-3H3. The van der Waals surface area contributed by atoms with Gasteiger partial charge in [-0.05, 0) is 20.8 Å². The van der Waals surface area contributed by atoms with Crippen molar-refractivity contribution in [2.75, 3.05) is 6.61 Å². The number of rotatable bonds is 4. The highest BCUT2D eigenvalue weighted by Crippen LogP contribution is 2.10. The Balaban J connectivity index is 2.83. The number of aromatic nitrogens is 2. The molecule has 1 rings (SSSR count). The van der Waals surface area contributed by atoms with Crippen molar-refractivity contribution in [2.24, 2.45) is 0 Å². The molecule has 1 N–H and O–H groups in total. The van der Waals surface area contributed by atoms with Gasteiger partial charge in [0.25, 0.3) is 0 Å². The summed E-state index contributed by atoms with van der Waals surface area (Å²) in [6, 6.07) is 1.77. The van der Waals surface area contributed by atoms with Gasteiger partial charge in [0.1, 0.15) is 5.82 Å². The van der Waals surface area contributed by atoms with Gasteiger partial charge in [-0.1, -0.05) is 0 Å². The van der Waals surface area contributed by atoms with E-state index in [4.69, 9.17) is 4.74 Å². The van der Waals surface area contributed by atoms with Crippen LogP contribution in [0.15, 0.2) is 6.07 Å². The molecule has 0 aliphatic rings. The molecule has 0 amide bonds. The van der Waals surface area contributed by atoms with Crippen molar-refractivity contribution in [1.82, 2.24) is 9.97 Å². The molecule has 0 saturated heterocycles. The minimum atomic E-state index is -0.390. The van der Waals surface area contributed by atoms with Crippen molar-refractivity contribution >= 4 is 0 Å². The lowest BCUT2D eigenvalue weighted by molar-refractivity contribution is 0.194. The average Bonchev–Trinajstić information content (AvgIpc) is 2.01. The molecule has 0 aromatic carbocycles. The Labute approximate surface area is 84.0 Å². The molecule has 1 atom stereocenters. The summed E-state index contributed by atoms with van der Waals surface area (Å²) >= 11 is 0. The second-order valence-electron chi connectivity index (χ2n) is 3.23. The van der Waals surface area contributed by atoms with Gasteiger partial charge in [-0.2, -0.15) is 4.98 Å². The Morgan fingerprint density at radius 3 is 2.79 bits per heavy atom. The zero-order chi connectivity index (χ0) is 10.6. The molecule has 0 bridgehead atoms. The predicted molar refractivity (Wildman–Crippen MR) is 53.3 cm³/mol. The van der Waals surface area contributed by atoms with E-state index in [0.717, 1.165) is 5.69 Å². The molecule has 1 aromatic rings. The van der Waals surface area contributed by atoms with Crippen molar-refractivity contribution in [3.63, 3.8) is 0 Å². The van der Waals surface area contributed by atoms with E-state index in [9.17, 15) is 5.11 Å². The largest absolute Gasteiger partial charge is 0.478 e. The Morgan fingerprint density at radius 1 is 1.50 bits per heavy atom. The third-order valence-electron chi connectivity index (χ3n) is 1.66. The van der Waals surface area contributed by atoms with E-state index in [0.29, 0.717) is 24.7 Å². The second kappa shape index (κ2) is 4.91. The number of aliphatic hydroxyl groups excluding tert-OH is 1. The monoisotopic (exact) mass is 196 g/mol. The molecule has 1 unspecified atom stereocenters. The summed E-state index contributed by atoms with van der Waals surface area (Å²) in [7, 11) is 0. The van der Waals surface area contributed by atoms with Gasteiger partial charge in [0, 0.05) is 12.5 Å². The van der Waals surface area contributed by atoms with Gasteiger partial charge < -0.3 is 9.84 Å². The molecule has 78 valence electrons. The molecule has 0 aliphatic carbocycles. The quantitative estimate of drug-likeness (QED) is 0.783. The highest BCUT2D eigenvalue weighted by Gasteiger charge is 2.05. The van der Waals surface area contributed by atoms with Crippen molar-refractivity contribution < 1.29 is 9.84 Å². The first-order chi connectivity index (χ1) is 6.61. The summed E-state index contributed by atoms with van der Waals surface area (Å²) in [6.45, 7) is 6.04. The summed E-state index contributed by atoms with van der Waals surface area (Å²) in [6.07, 6.45) is 0.141. The van der Waals surface area contributed by atoms with Crippen LogP contribution in [0.2, 0.25) is 0 Å². The fourth-order valence-corrected chi connectivity index (χ4v) is 1.23. The first kappa shape index (κ1) is 10.9. The smallest absolute Gasteiger partial charge is 0.216 e. The third kappa shape index (κ3) is 3.30. The highest BCUT2D eigenvalue weighted by molar-refractivity contribution is 5.16. The van der Waals surface area contributed by atoms with E-state index >= 15 is 0 Å². The van der Waals surface area contributed by atoms with Gasteiger partial charge in [0.05, 0.1) is 18.4 Å². The SMILES string of the molecule is CCOc1cc(CC(C)O)nc(C)n1. The maximum absolute atomic E-state index is 9.22. The molecule has 4 nitrogen and oxygen atoms in total. The molecular weight excluding hydrogens is 180 g/mol. The van der Waals surface area contributed by atoms with Gasteiger partial charge in [-0.3, -0.25) is 0 Å². The molecule has 4 heteroatoms. The summed E-state index contributed by atoms with van der Waals surface area (Å²) in [4.78, 5) is 8.32. The molecule has 0 radical (unpaired) electrons. The lowest BCUT2D eigenvalue weighted by Gasteiger charge is -2.07. The van der Waals surface area contributed by atoms with Crippen LogP contribution >= 0.6 is 0 Å². The summed E-state index contributed by atoms with van der Waals surface area (Å²) in [5.74, 6) is 1.25.